The van der Waals surface area contributed by atoms with Gasteiger partial charge in [-0.2, -0.15) is 5.10 Å². The van der Waals surface area contributed by atoms with Crippen LogP contribution in [-0.4, -0.2) is 46.7 Å². The Morgan fingerprint density at radius 1 is 0.871 bits per heavy atom. The summed E-state index contributed by atoms with van der Waals surface area (Å²) in [6, 6.07) is 16.2. The molecular weight excluding hydrogens is 386 g/mol. The van der Waals surface area contributed by atoms with E-state index in [2.05, 4.69) is 32.0 Å². The lowest BCUT2D eigenvalue weighted by Gasteiger charge is -2.25. The van der Waals surface area contributed by atoms with Gasteiger partial charge in [0.05, 0.1) is 5.69 Å². The molecule has 2 aliphatic rings. The monoisotopic (exact) mass is 413 g/mol. The molecule has 0 bridgehead atoms. The Balaban J connectivity index is 1.58. The maximum Gasteiger partial charge on any atom is 0.213 e. The van der Waals surface area contributed by atoms with E-state index in [0.717, 1.165) is 55.8 Å². The number of ketones is 1. The van der Waals surface area contributed by atoms with Crippen LogP contribution in [0.2, 0.25) is 0 Å². The first-order valence-corrected chi connectivity index (χ1v) is 11.1. The van der Waals surface area contributed by atoms with E-state index in [4.69, 9.17) is 0 Å². The minimum Gasteiger partial charge on any atom is -0.371 e. The van der Waals surface area contributed by atoms with Crippen molar-refractivity contribution in [3.8, 4) is 0 Å². The molecule has 0 aliphatic carbocycles. The van der Waals surface area contributed by atoms with E-state index in [1.807, 2.05) is 42.5 Å². The van der Waals surface area contributed by atoms with Gasteiger partial charge in [0.1, 0.15) is 18.4 Å². The van der Waals surface area contributed by atoms with E-state index >= 15 is 0 Å². The van der Waals surface area contributed by atoms with Crippen LogP contribution < -0.4 is 9.80 Å². The number of nitrogens with zero attached hydrogens (tertiary/aromatic N) is 5. The van der Waals surface area contributed by atoms with E-state index < -0.39 is 0 Å². The molecule has 1 aromatic heterocycles. The quantitative estimate of drug-likeness (QED) is 0.444. The normalized spacial score (nSPS) is 16.8. The van der Waals surface area contributed by atoms with Crippen LogP contribution in [0.1, 0.15) is 41.6 Å². The molecule has 3 heterocycles. The van der Waals surface area contributed by atoms with Crippen LogP contribution >= 0.6 is 0 Å². The van der Waals surface area contributed by atoms with E-state index in [0.29, 0.717) is 5.70 Å². The Morgan fingerprint density at radius 3 is 2.26 bits per heavy atom. The summed E-state index contributed by atoms with van der Waals surface area (Å²) in [6.45, 7) is 4.16. The van der Waals surface area contributed by atoms with Crippen LogP contribution in [0, 0.1) is 0 Å². The molecule has 0 unspecified atom stereocenters. The largest absolute Gasteiger partial charge is 0.371 e. The van der Waals surface area contributed by atoms with Crippen molar-refractivity contribution in [1.29, 1.82) is 0 Å². The lowest BCUT2D eigenvalue weighted by Crippen LogP contribution is -2.23. The number of Topliss-reactive ketones (excluding diaryl/α,β-unsaturated/α-hetero) is 1. The van der Waals surface area contributed by atoms with Gasteiger partial charge in [0.25, 0.3) is 0 Å². The first-order chi connectivity index (χ1) is 15.3. The lowest BCUT2D eigenvalue weighted by atomic mass is 10.0. The number of hydrogen-bond donors (Lipinski definition) is 0. The van der Waals surface area contributed by atoms with Crippen molar-refractivity contribution in [3.05, 3.63) is 72.3 Å². The maximum atomic E-state index is 13.9. The summed E-state index contributed by atoms with van der Waals surface area (Å²) in [4.78, 5) is 22.7. The molecule has 0 spiro atoms. The molecule has 2 saturated heterocycles. The molecule has 2 aromatic carbocycles. The van der Waals surface area contributed by atoms with Gasteiger partial charge in [-0.3, -0.25) is 4.79 Å². The molecule has 2 aliphatic heterocycles. The Hall–Kier alpha value is -3.41. The Labute approximate surface area is 182 Å². The van der Waals surface area contributed by atoms with Crippen molar-refractivity contribution in [3.63, 3.8) is 0 Å². The zero-order chi connectivity index (χ0) is 21.0. The van der Waals surface area contributed by atoms with E-state index in [1.165, 1.54) is 24.9 Å². The topological polar surface area (TPSA) is 54.3 Å². The van der Waals surface area contributed by atoms with Crippen molar-refractivity contribution < 1.29 is 4.79 Å². The summed E-state index contributed by atoms with van der Waals surface area (Å²) in [5, 5.41) is 4.26. The predicted octanol–water partition coefficient (Wildman–Crippen LogP) is 4.36. The number of benzene rings is 2. The fraction of sp³-hybridized carbons (Fsp3) is 0.320. The zero-order valence-corrected chi connectivity index (χ0v) is 17.7. The van der Waals surface area contributed by atoms with E-state index in [-0.39, 0.29) is 5.78 Å². The second kappa shape index (κ2) is 8.76. The van der Waals surface area contributed by atoms with Crippen LogP contribution in [0.5, 0.6) is 0 Å². The predicted molar refractivity (Wildman–Crippen MR) is 124 cm³/mol. The SMILES string of the molecule is O=C(/C(=C/c1ccccc1)n1cncn1)c1ccc(N2CCCC2)cc1N1CCCC1. The summed E-state index contributed by atoms with van der Waals surface area (Å²) in [5.41, 5.74) is 4.43. The molecule has 6 nitrogen and oxygen atoms in total. The van der Waals surface area contributed by atoms with Gasteiger partial charge < -0.3 is 9.80 Å². The van der Waals surface area contributed by atoms with Gasteiger partial charge in [-0.15, -0.1) is 0 Å². The van der Waals surface area contributed by atoms with Crippen LogP contribution in [-0.2, 0) is 0 Å². The average molecular weight is 414 g/mol. The minimum atomic E-state index is -0.0378. The summed E-state index contributed by atoms with van der Waals surface area (Å²) >= 11 is 0. The molecule has 0 radical (unpaired) electrons. The summed E-state index contributed by atoms with van der Waals surface area (Å²) < 4.78 is 1.57. The van der Waals surface area contributed by atoms with E-state index in [9.17, 15) is 4.79 Å². The van der Waals surface area contributed by atoms with Crippen LogP contribution in [0.15, 0.2) is 61.2 Å². The van der Waals surface area contributed by atoms with Gasteiger partial charge in [0.15, 0.2) is 0 Å². The molecule has 0 amide bonds. The number of hydrogen-bond acceptors (Lipinski definition) is 5. The van der Waals surface area contributed by atoms with Crippen LogP contribution in [0.25, 0.3) is 11.8 Å². The van der Waals surface area contributed by atoms with Gasteiger partial charge in [-0.25, -0.2) is 9.67 Å². The highest BCUT2D eigenvalue weighted by Gasteiger charge is 2.25. The van der Waals surface area contributed by atoms with Crippen molar-refractivity contribution in [2.24, 2.45) is 0 Å². The molecule has 158 valence electrons. The van der Waals surface area contributed by atoms with Crippen molar-refractivity contribution in [2.75, 3.05) is 36.0 Å². The fourth-order valence-electron chi connectivity index (χ4n) is 4.52. The summed E-state index contributed by atoms with van der Waals surface area (Å²) in [7, 11) is 0. The highest BCUT2D eigenvalue weighted by molar-refractivity contribution is 6.29. The molecule has 31 heavy (non-hydrogen) atoms. The van der Waals surface area contributed by atoms with Crippen molar-refractivity contribution in [2.45, 2.75) is 25.7 Å². The van der Waals surface area contributed by atoms with Crippen molar-refractivity contribution >= 4 is 28.9 Å². The highest BCUT2D eigenvalue weighted by Crippen LogP contribution is 2.33. The molecule has 0 atom stereocenters. The zero-order valence-electron chi connectivity index (χ0n) is 17.7. The number of carbonyl (C=O) groups is 1. The average Bonchev–Trinajstić information content (AvgIpc) is 3.60. The minimum absolute atomic E-state index is 0.0378. The number of carbonyl (C=O) groups excluding carboxylic acids is 1. The first-order valence-electron chi connectivity index (χ1n) is 11.1. The van der Waals surface area contributed by atoms with E-state index in [1.54, 1.807) is 11.0 Å². The standard InChI is InChI=1S/C25H27N5O/c31-25(24(30-19-26-18-27-30)16-20-8-2-1-3-9-20)22-11-10-21(28-12-4-5-13-28)17-23(22)29-14-6-7-15-29/h1-3,8-11,16-19H,4-7,12-15H2/b24-16-. The number of allylic oxidation sites excluding steroid dienone is 1. The second-order valence-electron chi connectivity index (χ2n) is 8.20. The second-order valence-corrected chi connectivity index (χ2v) is 8.20. The van der Waals surface area contributed by atoms with Gasteiger partial charge in [-0.05, 0) is 55.5 Å². The van der Waals surface area contributed by atoms with Gasteiger partial charge in [-0.1, -0.05) is 30.3 Å². The highest BCUT2D eigenvalue weighted by atomic mass is 16.1. The van der Waals surface area contributed by atoms with Crippen LogP contribution in [0.4, 0.5) is 11.4 Å². The number of rotatable bonds is 6. The Kier molecular flexibility index (Phi) is 5.52. The molecule has 0 saturated carbocycles. The Morgan fingerprint density at radius 2 is 1.58 bits per heavy atom. The smallest absolute Gasteiger partial charge is 0.213 e. The summed E-state index contributed by atoms with van der Waals surface area (Å²) in [5.74, 6) is -0.0378. The third-order valence-electron chi connectivity index (χ3n) is 6.15. The maximum absolute atomic E-state index is 13.9. The third kappa shape index (κ3) is 4.10. The van der Waals surface area contributed by atoms with Crippen LogP contribution in [0.3, 0.4) is 0 Å². The molecule has 3 aromatic rings. The van der Waals surface area contributed by atoms with Gasteiger partial charge in [0, 0.05) is 37.4 Å². The molecule has 2 fully saturated rings. The Bertz CT molecular complexity index is 1060. The van der Waals surface area contributed by atoms with Gasteiger partial charge in [0.2, 0.25) is 5.78 Å². The van der Waals surface area contributed by atoms with Crippen molar-refractivity contribution in [1.82, 2.24) is 14.8 Å². The first kappa shape index (κ1) is 19.5. The number of aromatic nitrogens is 3. The molecule has 6 heteroatoms. The molecule has 5 rings (SSSR count). The molecule has 0 N–H and O–H groups in total. The third-order valence-corrected chi connectivity index (χ3v) is 6.15. The molecular formula is C25H27N5O. The lowest BCUT2D eigenvalue weighted by molar-refractivity contribution is 0.105. The summed E-state index contributed by atoms with van der Waals surface area (Å²) in [6.07, 6.45) is 9.73. The van der Waals surface area contributed by atoms with Gasteiger partial charge >= 0.3 is 0 Å². The number of anilines is 2. The fourth-order valence-corrected chi connectivity index (χ4v) is 4.52.